The van der Waals surface area contributed by atoms with Crippen molar-refractivity contribution in [2.24, 2.45) is 11.3 Å². The first-order valence-electron chi connectivity index (χ1n) is 7.19. The van der Waals surface area contributed by atoms with Gasteiger partial charge in [0.15, 0.2) is 0 Å². The molecule has 0 atom stereocenters. The van der Waals surface area contributed by atoms with Crippen LogP contribution in [0.25, 0.3) is 0 Å². The standard InChI is InChI=1S/C16H27N3O/c1-6-18-15(20)12-7-8-14(13(17)9-12)19-10-16(4,5)11(2)3/h7-9,11,19H,6,10,17H2,1-5H3,(H,18,20). The van der Waals surface area contributed by atoms with Crippen molar-refractivity contribution in [3.05, 3.63) is 23.8 Å². The topological polar surface area (TPSA) is 67.2 Å². The maximum atomic E-state index is 11.7. The van der Waals surface area contributed by atoms with E-state index in [9.17, 15) is 4.79 Å². The van der Waals surface area contributed by atoms with E-state index in [2.05, 4.69) is 38.3 Å². The van der Waals surface area contributed by atoms with Crippen molar-refractivity contribution in [1.82, 2.24) is 5.32 Å². The smallest absolute Gasteiger partial charge is 0.251 e. The highest BCUT2D eigenvalue weighted by Gasteiger charge is 2.22. The molecular formula is C16H27N3O. The average molecular weight is 277 g/mol. The number of nitrogens with one attached hydrogen (secondary N) is 2. The van der Waals surface area contributed by atoms with E-state index < -0.39 is 0 Å². The summed E-state index contributed by atoms with van der Waals surface area (Å²) in [6, 6.07) is 5.39. The second-order valence-corrected chi connectivity index (χ2v) is 6.16. The predicted molar refractivity (Wildman–Crippen MR) is 86.0 cm³/mol. The van der Waals surface area contributed by atoms with Crippen molar-refractivity contribution in [3.63, 3.8) is 0 Å². The lowest BCUT2D eigenvalue weighted by atomic mass is 9.81. The SMILES string of the molecule is CCNC(=O)c1ccc(NCC(C)(C)C(C)C)c(N)c1. The third-order valence-corrected chi connectivity index (χ3v) is 3.95. The van der Waals surface area contributed by atoms with Gasteiger partial charge >= 0.3 is 0 Å². The molecule has 0 bridgehead atoms. The van der Waals surface area contributed by atoms with E-state index in [0.29, 0.717) is 23.7 Å². The molecule has 4 N–H and O–H groups in total. The van der Waals surface area contributed by atoms with Crippen LogP contribution in [-0.2, 0) is 0 Å². The summed E-state index contributed by atoms with van der Waals surface area (Å²) in [5.41, 5.74) is 8.29. The Labute approximate surface area is 122 Å². The van der Waals surface area contributed by atoms with Gasteiger partial charge in [-0.2, -0.15) is 0 Å². The molecule has 4 heteroatoms. The van der Waals surface area contributed by atoms with Gasteiger partial charge in [-0.25, -0.2) is 0 Å². The molecule has 0 aliphatic carbocycles. The Balaban J connectivity index is 2.77. The summed E-state index contributed by atoms with van der Waals surface area (Å²) in [5, 5.41) is 6.14. The summed E-state index contributed by atoms with van der Waals surface area (Å²) < 4.78 is 0. The quantitative estimate of drug-likeness (QED) is 0.700. The van der Waals surface area contributed by atoms with Gasteiger partial charge in [0.25, 0.3) is 5.91 Å². The highest BCUT2D eigenvalue weighted by Crippen LogP contribution is 2.28. The van der Waals surface area contributed by atoms with E-state index in [1.807, 2.05) is 13.0 Å². The number of carbonyl (C=O) groups excluding carboxylic acids is 1. The largest absolute Gasteiger partial charge is 0.397 e. The van der Waals surface area contributed by atoms with E-state index in [1.165, 1.54) is 0 Å². The minimum absolute atomic E-state index is 0.0896. The van der Waals surface area contributed by atoms with Crippen LogP contribution in [0, 0.1) is 11.3 Å². The maximum absolute atomic E-state index is 11.7. The summed E-state index contributed by atoms with van der Waals surface area (Å²) >= 11 is 0. The number of nitrogens with two attached hydrogens (primary N) is 1. The van der Waals surface area contributed by atoms with Gasteiger partial charge in [0.05, 0.1) is 11.4 Å². The van der Waals surface area contributed by atoms with Gasteiger partial charge in [0.1, 0.15) is 0 Å². The molecule has 1 aromatic carbocycles. The van der Waals surface area contributed by atoms with Crippen molar-refractivity contribution in [2.75, 3.05) is 24.1 Å². The number of hydrogen-bond donors (Lipinski definition) is 3. The molecule has 20 heavy (non-hydrogen) atoms. The second kappa shape index (κ2) is 6.64. The molecule has 0 fully saturated rings. The number of amides is 1. The summed E-state index contributed by atoms with van der Waals surface area (Å²) in [7, 11) is 0. The van der Waals surface area contributed by atoms with Crippen LogP contribution in [-0.4, -0.2) is 19.0 Å². The lowest BCUT2D eigenvalue weighted by molar-refractivity contribution is 0.0956. The fraction of sp³-hybridized carbons (Fsp3) is 0.562. The van der Waals surface area contributed by atoms with Gasteiger partial charge in [-0.05, 0) is 36.5 Å². The van der Waals surface area contributed by atoms with Crippen LogP contribution in [0.1, 0.15) is 45.0 Å². The highest BCUT2D eigenvalue weighted by molar-refractivity contribution is 5.96. The molecule has 1 aromatic rings. The molecule has 0 radical (unpaired) electrons. The van der Waals surface area contributed by atoms with Crippen LogP contribution in [0.2, 0.25) is 0 Å². The molecule has 0 saturated carbocycles. The zero-order valence-corrected chi connectivity index (χ0v) is 13.2. The second-order valence-electron chi connectivity index (χ2n) is 6.16. The van der Waals surface area contributed by atoms with Gasteiger partial charge in [0.2, 0.25) is 0 Å². The summed E-state index contributed by atoms with van der Waals surface area (Å²) in [6.45, 7) is 12.2. The summed E-state index contributed by atoms with van der Waals surface area (Å²) in [4.78, 5) is 11.7. The molecule has 0 aliphatic heterocycles. The van der Waals surface area contributed by atoms with Crippen molar-refractivity contribution in [3.8, 4) is 0 Å². The number of rotatable bonds is 6. The Hall–Kier alpha value is -1.71. The van der Waals surface area contributed by atoms with Crippen molar-refractivity contribution in [2.45, 2.75) is 34.6 Å². The van der Waals surface area contributed by atoms with E-state index >= 15 is 0 Å². The molecule has 0 aromatic heterocycles. The zero-order chi connectivity index (χ0) is 15.3. The van der Waals surface area contributed by atoms with E-state index in [4.69, 9.17) is 5.73 Å². The molecule has 1 rings (SSSR count). The highest BCUT2D eigenvalue weighted by atomic mass is 16.1. The Kier molecular flexibility index (Phi) is 5.43. The van der Waals surface area contributed by atoms with E-state index in [-0.39, 0.29) is 11.3 Å². The van der Waals surface area contributed by atoms with Gasteiger partial charge in [-0.15, -0.1) is 0 Å². The first kappa shape index (κ1) is 16.3. The van der Waals surface area contributed by atoms with Crippen molar-refractivity contribution in [1.29, 1.82) is 0 Å². The monoisotopic (exact) mass is 277 g/mol. The number of carbonyl (C=O) groups is 1. The average Bonchev–Trinajstić information content (AvgIpc) is 2.37. The van der Waals surface area contributed by atoms with Crippen LogP contribution >= 0.6 is 0 Å². The minimum atomic E-state index is -0.0896. The Bertz CT molecular complexity index is 467. The Morgan fingerprint density at radius 3 is 2.50 bits per heavy atom. The van der Waals surface area contributed by atoms with Crippen molar-refractivity contribution >= 4 is 17.3 Å². The molecular weight excluding hydrogens is 250 g/mol. The van der Waals surface area contributed by atoms with Gasteiger partial charge < -0.3 is 16.4 Å². The lowest BCUT2D eigenvalue weighted by Crippen LogP contribution is -2.28. The van der Waals surface area contributed by atoms with Gasteiger partial charge in [0, 0.05) is 18.7 Å². The lowest BCUT2D eigenvalue weighted by Gasteiger charge is -2.30. The molecule has 1 amide bonds. The third kappa shape index (κ3) is 4.15. The molecule has 112 valence electrons. The first-order valence-corrected chi connectivity index (χ1v) is 7.19. The fourth-order valence-corrected chi connectivity index (χ4v) is 1.65. The Morgan fingerprint density at radius 2 is 2.00 bits per heavy atom. The Morgan fingerprint density at radius 1 is 1.35 bits per heavy atom. The van der Waals surface area contributed by atoms with Crippen LogP contribution in [0.4, 0.5) is 11.4 Å². The fourth-order valence-electron chi connectivity index (χ4n) is 1.65. The van der Waals surface area contributed by atoms with Crippen LogP contribution in [0.5, 0.6) is 0 Å². The summed E-state index contributed by atoms with van der Waals surface area (Å²) in [5.74, 6) is 0.485. The molecule has 0 heterocycles. The summed E-state index contributed by atoms with van der Waals surface area (Å²) in [6.07, 6.45) is 0. The molecule has 0 unspecified atom stereocenters. The van der Waals surface area contributed by atoms with Crippen LogP contribution in [0.3, 0.4) is 0 Å². The van der Waals surface area contributed by atoms with E-state index in [0.717, 1.165) is 12.2 Å². The van der Waals surface area contributed by atoms with E-state index in [1.54, 1.807) is 12.1 Å². The molecule has 0 saturated heterocycles. The maximum Gasteiger partial charge on any atom is 0.251 e. The van der Waals surface area contributed by atoms with Crippen LogP contribution in [0.15, 0.2) is 18.2 Å². The van der Waals surface area contributed by atoms with Gasteiger partial charge in [-0.1, -0.05) is 27.7 Å². The predicted octanol–water partition coefficient (Wildman–Crippen LogP) is 3.11. The van der Waals surface area contributed by atoms with Gasteiger partial charge in [-0.3, -0.25) is 4.79 Å². The van der Waals surface area contributed by atoms with Crippen LogP contribution < -0.4 is 16.4 Å². The third-order valence-electron chi connectivity index (χ3n) is 3.95. The molecule has 0 spiro atoms. The molecule has 0 aliphatic rings. The zero-order valence-electron chi connectivity index (χ0n) is 13.2. The normalized spacial score (nSPS) is 11.5. The number of anilines is 2. The minimum Gasteiger partial charge on any atom is -0.397 e. The number of benzene rings is 1. The first-order chi connectivity index (χ1) is 9.27. The number of hydrogen-bond acceptors (Lipinski definition) is 3. The van der Waals surface area contributed by atoms with Crippen molar-refractivity contribution < 1.29 is 4.79 Å². The molecule has 4 nitrogen and oxygen atoms in total. The number of nitrogen functional groups attached to an aromatic ring is 1.